The molecule has 0 radical (unpaired) electrons. The lowest BCUT2D eigenvalue weighted by molar-refractivity contribution is -0.121. The molecule has 0 saturated carbocycles. The first-order chi connectivity index (χ1) is 8.11. The molecular weight excluding hydrogens is 227 g/mol. The summed E-state index contributed by atoms with van der Waals surface area (Å²) in [6.07, 6.45) is -1.41. The maximum Gasteiger partial charge on any atom is 0.219 e. The van der Waals surface area contributed by atoms with Gasteiger partial charge in [-0.3, -0.25) is 4.79 Å². The van der Waals surface area contributed by atoms with Gasteiger partial charge in [0.15, 0.2) is 0 Å². The van der Waals surface area contributed by atoms with Crippen LogP contribution in [0.15, 0.2) is 0 Å². The SMILES string of the molecule is CCC(=O)NCC(F)C(C)OCCOCCN. The van der Waals surface area contributed by atoms with Crippen LogP contribution < -0.4 is 11.1 Å². The zero-order valence-corrected chi connectivity index (χ0v) is 10.6. The molecule has 6 heteroatoms. The average molecular weight is 250 g/mol. The van der Waals surface area contributed by atoms with E-state index < -0.39 is 12.3 Å². The number of nitrogens with two attached hydrogens (primary N) is 1. The van der Waals surface area contributed by atoms with E-state index in [1.165, 1.54) is 0 Å². The quantitative estimate of drug-likeness (QED) is 0.544. The van der Waals surface area contributed by atoms with Crippen LogP contribution in [-0.2, 0) is 14.3 Å². The molecule has 102 valence electrons. The number of hydrogen-bond acceptors (Lipinski definition) is 4. The van der Waals surface area contributed by atoms with E-state index in [2.05, 4.69) is 5.32 Å². The van der Waals surface area contributed by atoms with Gasteiger partial charge in [0.05, 0.1) is 32.5 Å². The summed E-state index contributed by atoms with van der Waals surface area (Å²) in [5, 5.41) is 2.48. The van der Waals surface area contributed by atoms with Gasteiger partial charge >= 0.3 is 0 Å². The Kier molecular flexibility index (Phi) is 9.99. The van der Waals surface area contributed by atoms with Crippen molar-refractivity contribution in [1.82, 2.24) is 5.32 Å². The van der Waals surface area contributed by atoms with Crippen LogP contribution in [0.4, 0.5) is 4.39 Å². The van der Waals surface area contributed by atoms with E-state index in [0.717, 1.165) is 0 Å². The van der Waals surface area contributed by atoms with Gasteiger partial charge in [-0.1, -0.05) is 6.92 Å². The Morgan fingerprint density at radius 1 is 1.41 bits per heavy atom. The van der Waals surface area contributed by atoms with Crippen molar-refractivity contribution in [2.75, 3.05) is 32.9 Å². The van der Waals surface area contributed by atoms with E-state index in [9.17, 15) is 9.18 Å². The number of rotatable bonds is 10. The summed E-state index contributed by atoms with van der Waals surface area (Å²) in [5.74, 6) is -0.161. The van der Waals surface area contributed by atoms with E-state index in [-0.39, 0.29) is 12.5 Å². The zero-order chi connectivity index (χ0) is 13.1. The molecule has 0 aromatic rings. The highest BCUT2D eigenvalue weighted by Crippen LogP contribution is 2.02. The zero-order valence-electron chi connectivity index (χ0n) is 10.6. The van der Waals surface area contributed by atoms with Crippen molar-refractivity contribution in [1.29, 1.82) is 0 Å². The molecule has 0 fully saturated rings. The summed E-state index contributed by atoms with van der Waals surface area (Å²) >= 11 is 0. The standard InChI is InChI=1S/C11H23FN2O3/c1-3-11(15)14-8-10(12)9(2)17-7-6-16-5-4-13/h9-10H,3-8,13H2,1-2H3,(H,14,15). The molecule has 0 aromatic carbocycles. The third-order valence-electron chi connectivity index (χ3n) is 2.20. The topological polar surface area (TPSA) is 73.6 Å². The summed E-state index contributed by atoms with van der Waals surface area (Å²) < 4.78 is 23.8. The predicted molar refractivity (Wildman–Crippen MR) is 63.5 cm³/mol. The van der Waals surface area contributed by atoms with Gasteiger partial charge < -0.3 is 20.5 Å². The maximum absolute atomic E-state index is 13.5. The Morgan fingerprint density at radius 2 is 2.12 bits per heavy atom. The molecule has 0 bridgehead atoms. The highest BCUT2D eigenvalue weighted by Gasteiger charge is 2.17. The molecule has 0 aliphatic carbocycles. The van der Waals surface area contributed by atoms with E-state index in [1.54, 1.807) is 13.8 Å². The first-order valence-electron chi connectivity index (χ1n) is 5.92. The Bertz CT molecular complexity index is 205. The number of alkyl halides is 1. The lowest BCUT2D eigenvalue weighted by atomic mass is 10.2. The molecule has 17 heavy (non-hydrogen) atoms. The van der Waals surface area contributed by atoms with Gasteiger partial charge in [0.1, 0.15) is 6.17 Å². The van der Waals surface area contributed by atoms with Crippen LogP contribution in [0.3, 0.4) is 0 Å². The number of carbonyl (C=O) groups excluding carboxylic acids is 1. The Labute approximate surface area is 102 Å². The van der Waals surface area contributed by atoms with Gasteiger partial charge in [0.25, 0.3) is 0 Å². The summed E-state index contributed by atoms with van der Waals surface area (Å²) in [6.45, 7) is 4.99. The summed E-state index contributed by atoms with van der Waals surface area (Å²) in [4.78, 5) is 10.9. The summed E-state index contributed by atoms with van der Waals surface area (Å²) in [6, 6.07) is 0. The van der Waals surface area contributed by atoms with E-state index in [0.29, 0.717) is 32.8 Å². The minimum absolute atomic E-state index is 0.0164. The third-order valence-corrected chi connectivity index (χ3v) is 2.20. The molecule has 3 N–H and O–H groups in total. The normalized spacial score (nSPS) is 14.4. The van der Waals surface area contributed by atoms with Gasteiger partial charge in [-0.25, -0.2) is 4.39 Å². The number of ether oxygens (including phenoxy) is 2. The molecule has 0 spiro atoms. The molecule has 0 heterocycles. The predicted octanol–water partition coefficient (Wildman–Crippen LogP) is 0.231. The van der Waals surface area contributed by atoms with Gasteiger partial charge in [0.2, 0.25) is 5.91 Å². The Morgan fingerprint density at radius 3 is 2.71 bits per heavy atom. The van der Waals surface area contributed by atoms with Crippen molar-refractivity contribution in [2.45, 2.75) is 32.5 Å². The van der Waals surface area contributed by atoms with Crippen LogP contribution in [0.25, 0.3) is 0 Å². The summed E-state index contributed by atoms with van der Waals surface area (Å²) in [7, 11) is 0. The fourth-order valence-electron chi connectivity index (χ4n) is 1.09. The van der Waals surface area contributed by atoms with Crippen molar-refractivity contribution in [3.05, 3.63) is 0 Å². The summed E-state index contributed by atoms with van der Waals surface area (Å²) in [5.41, 5.74) is 5.23. The van der Waals surface area contributed by atoms with Crippen molar-refractivity contribution in [2.24, 2.45) is 5.73 Å². The number of amides is 1. The van der Waals surface area contributed by atoms with Gasteiger partial charge in [-0.2, -0.15) is 0 Å². The Hall–Kier alpha value is -0.720. The largest absolute Gasteiger partial charge is 0.378 e. The van der Waals surface area contributed by atoms with Crippen LogP contribution in [0, 0.1) is 0 Å². The van der Waals surface area contributed by atoms with Crippen LogP contribution in [0.1, 0.15) is 20.3 Å². The van der Waals surface area contributed by atoms with Gasteiger partial charge in [-0.15, -0.1) is 0 Å². The van der Waals surface area contributed by atoms with Crippen molar-refractivity contribution in [3.63, 3.8) is 0 Å². The van der Waals surface area contributed by atoms with Crippen LogP contribution in [0.2, 0.25) is 0 Å². The van der Waals surface area contributed by atoms with Gasteiger partial charge in [-0.05, 0) is 6.92 Å². The van der Waals surface area contributed by atoms with Crippen LogP contribution in [-0.4, -0.2) is 51.1 Å². The average Bonchev–Trinajstić information content (AvgIpc) is 2.34. The molecule has 0 saturated heterocycles. The number of hydrogen-bond donors (Lipinski definition) is 2. The molecule has 0 aliphatic rings. The van der Waals surface area contributed by atoms with Gasteiger partial charge in [0, 0.05) is 13.0 Å². The lowest BCUT2D eigenvalue weighted by Crippen LogP contribution is -2.36. The minimum atomic E-state index is -1.21. The molecular formula is C11H23FN2O3. The first-order valence-corrected chi connectivity index (χ1v) is 5.92. The minimum Gasteiger partial charge on any atom is -0.378 e. The third kappa shape index (κ3) is 9.02. The second-order valence-corrected chi connectivity index (χ2v) is 3.65. The number of nitrogens with one attached hydrogen (secondary N) is 1. The second kappa shape index (κ2) is 10.4. The molecule has 0 aliphatic heterocycles. The number of carbonyl (C=O) groups is 1. The van der Waals surface area contributed by atoms with Crippen molar-refractivity contribution < 1.29 is 18.7 Å². The van der Waals surface area contributed by atoms with Crippen LogP contribution >= 0.6 is 0 Å². The fraction of sp³-hybridized carbons (Fsp3) is 0.909. The molecule has 2 atom stereocenters. The molecule has 0 rings (SSSR count). The lowest BCUT2D eigenvalue weighted by Gasteiger charge is -2.18. The van der Waals surface area contributed by atoms with E-state index >= 15 is 0 Å². The molecule has 0 aromatic heterocycles. The highest BCUT2D eigenvalue weighted by molar-refractivity contribution is 5.75. The molecule has 2 unspecified atom stereocenters. The number of halogens is 1. The smallest absolute Gasteiger partial charge is 0.219 e. The molecule has 5 nitrogen and oxygen atoms in total. The van der Waals surface area contributed by atoms with E-state index in [4.69, 9.17) is 15.2 Å². The van der Waals surface area contributed by atoms with Crippen molar-refractivity contribution in [3.8, 4) is 0 Å². The monoisotopic (exact) mass is 250 g/mol. The van der Waals surface area contributed by atoms with Crippen molar-refractivity contribution >= 4 is 5.91 Å². The fourth-order valence-corrected chi connectivity index (χ4v) is 1.09. The molecule has 1 amide bonds. The maximum atomic E-state index is 13.5. The van der Waals surface area contributed by atoms with E-state index in [1.807, 2.05) is 0 Å². The highest BCUT2D eigenvalue weighted by atomic mass is 19.1. The second-order valence-electron chi connectivity index (χ2n) is 3.65. The van der Waals surface area contributed by atoms with Crippen LogP contribution in [0.5, 0.6) is 0 Å². The first kappa shape index (κ1) is 16.3. The Balaban J connectivity index is 3.53.